The number of nitro groups is 1. The predicted octanol–water partition coefficient (Wildman–Crippen LogP) is 2.48. The van der Waals surface area contributed by atoms with Gasteiger partial charge in [0.1, 0.15) is 0 Å². The van der Waals surface area contributed by atoms with E-state index in [1.807, 2.05) is 0 Å². The Hall–Kier alpha value is -3.35. The Morgan fingerprint density at radius 1 is 1.04 bits per heavy atom. The van der Waals surface area contributed by atoms with Crippen LogP contribution in [0.25, 0.3) is 0 Å². The summed E-state index contributed by atoms with van der Waals surface area (Å²) in [6.07, 6.45) is -0.347. The molecule has 3 rings (SSSR count). The Balaban J connectivity index is 2.16. The van der Waals surface area contributed by atoms with Crippen molar-refractivity contribution >= 4 is 23.2 Å². The third-order valence-corrected chi connectivity index (χ3v) is 3.96. The molecule has 0 aromatic heterocycles. The first-order valence-corrected chi connectivity index (χ1v) is 7.59. The molecule has 1 aliphatic rings. The summed E-state index contributed by atoms with van der Waals surface area (Å²) in [4.78, 5) is 47.6. The minimum atomic E-state index is -0.674. The minimum absolute atomic E-state index is 0.0250. The summed E-state index contributed by atoms with van der Waals surface area (Å²) in [5.74, 6) is -1.48. The average molecular weight is 339 g/mol. The number of fused-ring (bicyclic) bond motifs is 2. The number of benzene rings is 2. The van der Waals surface area contributed by atoms with Gasteiger partial charge in [0.2, 0.25) is 0 Å². The number of ether oxygens (including phenoxy) is 1. The fourth-order valence-corrected chi connectivity index (χ4v) is 2.86. The summed E-state index contributed by atoms with van der Waals surface area (Å²) in [6.45, 7) is 1.76. The van der Waals surface area contributed by atoms with Gasteiger partial charge in [-0.2, -0.15) is 0 Å². The van der Waals surface area contributed by atoms with Gasteiger partial charge < -0.3 is 4.74 Å². The first kappa shape index (κ1) is 16.5. The summed E-state index contributed by atoms with van der Waals surface area (Å²) in [5, 5.41) is 11.3. The highest BCUT2D eigenvalue weighted by Crippen LogP contribution is 2.32. The van der Waals surface area contributed by atoms with E-state index in [4.69, 9.17) is 4.74 Å². The van der Waals surface area contributed by atoms with E-state index >= 15 is 0 Å². The van der Waals surface area contributed by atoms with Crippen LogP contribution >= 0.6 is 0 Å². The van der Waals surface area contributed by atoms with Crippen molar-refractivity contribution in [2.45, 2.75) is 13.3 Å². The van der Waals surface area contributed by atoms with E-state index in [0.29, 0.717) is 0 Å². The van der Waals surface area contributed by atoms with Crippen LogP contribution < -0.4 is 0 Å². The van der Waals surface area contributed by atoms with Crippen LogP contribution in [0.15, 0.2) is 36.4 Å². The van der Waals surface area contributed by atoms with Crippen LogP contribution in [-0.4, -0.2) is 29.1 Å². The first-order valence-electron chi connectivity index (χ1n) is 7.59. The Labute approximate surface area is 142 Å². The van der Waals surface area contributed by atoms with Gasteiger partial charge in [-0.25, -0.2) is 0 Å². The average Bonchev–Trinajstić information content (AvgIpc) is 2.59. The monoisotopic (exact) mass is 339 g/mol. The van der Waals surface area contributed by atoms with Crippen molar-refractivity contribution in [1.29, 1.82) is 0 Å². The lowest BCUT2D eigenvalue weighted by molar-refractivity contribution is -0.385. The van der Waals surface area contributed by atoms with Crippen LogP contribution in [0.4, 0.5) is 5.69 Å². The van der Waals surface area contributed by atoms with Crippen LogP contribution in [-0.2, 0) is 16.0 Å². The van der Waals surface area contributed by atoms with Crippen LogP contribution in [0, 0.1) is 10.1 Å². The second kappa shape index (κ2) is 6.27. The van der Waals surface area contributed by atoms with Crippen molar-refractivity contribution in [3.05, 3.63) is 74.3 Å². The highest BCUT2D eigenvalue weighted by Gasteiger charge is 2.33. The molecule has 0 saturated carbocycles. The van der Waals surface area contributed by atoms with Crippen molar-refractivity contribution in [3.63, 3.8) is 0 Å². The molecule has 0 unspecified atom stereocenters. The molecule has 1 aliphatic carbocycles. The van der Waals surface area contributed by atoms with Gasteiger partial charge in [-0.15, -0.1) is 0 Å². The molecule has 0 spiro atoms. The standard InChI is InChI=1S/C18H13NO6/c1-2-25-16(20)8-10-7-13-14(9-15(10)19(23)24)18(22)12-6-4-3-5-11(12)17(13)21/h3-7,9H,2,8H2,1H3. The van der Waals surface area contributed by atoms with Crippen molar-refractivity contribution in [3.8, 4) is 0 Å². The highest BCUT2D eigenvalue weighted by atomic mass is 16.6. The Morgan fingerprint density at radius 3 is 2.12 bits per heavy atom. The van der Waals surface area contributed by atoms with E-state index in [9.17, 15) is 24.5 Å². The Bertz CT molecular complexity index is 931. The number of nitro benzene ring substituents is 1. The van der Waals surface area contributed by atoms with Crippen LogP contribution in [0.5, 0.6) is 0 Å². The molecule has 0 fully saturated rings. The molecule has 2 aromatic carbocycles. The molecule has 0 saturated heterocycles. The fourth-order valence-electron chi connectivity index (χ4n) is 2.86. The molecule has 0 radical (unpaired) electrons. The lowest BCUT2D eigenvalue weighted by Gasteiger charge is -2.18. The molecular weight excluding hydrogens is 326 g/mol. The Morgan fingerprint density at radius 2 is 1.60 bits per heavy atom. The first-order chi connectivity index (χ1) is 11.9. The van der Waals surface area contributed by atoms with Gasteiger partial charge in [0.25, 0.3) is 5.69 Å². The zero-order chi connectivity index (χ0) is 18.1. The van der Waals surface area contributed by atoms with Gasteiger partial charge in [0.15, 0.2) is 11.6 Å². The summed E-state index contributed by atoms with van der Waals surface area (Å²) in [5.41, 5.74) is 0.162. The quantitative estimate of drug-likeness (QED) is 0.411. The summed E-state index contributed by atoms with van der Waals surface area (Å²) >= 11 is 0. The molecule has 0 bridgehead atoms. The molecule has 2 aromatic rings. The van der Waals surface area contributed by atoms with E-state index in [2.05, 4.69) is 0 Å². The van der Waals surface area contributed by atoms with Crippen LogP contribution in [0.2, 0.25) is 0 Å². The molecule has 7 heteroatoms. The third kappa shape index (κ3) is 2.80. The van der Waals surface area contributed by atoms with Gasteiger partial charge >= 0.3 is 5.97 Å². The molecule has 0 heterocycles. The van der Waals surface area contributed by atoms with Crippen molar-refractivity contribution in [2.24, 2.45) is 0 Å². The van der Waals surface area contributed by atoms with E-state index in [-0.39, 0.29) is 46.5 Å². The lowest BCUT2D eigenvalue weighted by atomic mass is 9.82. The largest absolute Gasteiger partial charge is 0.466 e. The molecule has 0 aliphatic heterocycles. The van der Waals surface area contributed by atoms with Crippen molar-refractivity contribution in [2.75, 3.05) is 6.61 Å². The second-order valence-corrected chi connectivity index (χ2v) is 5.47. The van der Waals surface area contributed by atoms with Gasteiger partial charge in [0, 0.05) is 33.9 Å². The van der Waals surface area contributed by atoms with Gasteiger partial charge in [-0.1, -0.05) is 24.3 Å². The number of carbonyl (C=O) groups is 3. The summed E-state index contributed by atoms with van der Waals surface area (Å²) < 4.78 is 4.82. The molecule has 7 nitrogen and oxygen atoms in total. The van der Waals surface area contributed by atoms with Crippen LogP contribution in [0.3, 0.4) is 0 Å². The lowest BCUT2D eigenvalue weighted by Crippen LogP contribution is -2.22. The van der Waals surface area contributed by atoms with E-state index in [0.717, 1.165) is 6.07 Å². The second-order valence-electron chi connectivity index (χ2n) is 5.47. The van der Waals surface area contributed by atoms with Crippen molar-refractivity contribution < 1.29 is 24.0 Å². The SMILES string of the molecule is CCOC(=O)Cc1cc2c(cc1[N+](=O)[O-])C(=O)c1ccccc1C2=O. The van der Waals surface area contributed by atoms with Crippen LogP contribution in [0.1, 0.15) is 44.3 Å². The number of nitrogens with zero attached hydrogens (tertiary/aromatic N) is 1. The number of ketones is 2. The maximum Gasteiger partial charge on any atom is 0.310 e. The molecule has 126 valence electrons. The van der Waals surface area contributed by atoms with Gasteiger partial charge in [-0.05, 0) is 13.0 Å². The third-order valence-electron chi connectivity index (χ3n) is 3.96. The zero-order valence-corrected chi connectivity index (χ0v) is 13.3. The minimum Gasteiger partial charge on any atom is -0.466 e. The number of hydrogen-bond acceptors (Lipinski definition) is 6. The van der Waals surface area contributed by atoms with E-state index < -0.39 is 22.5 Å². The molecule has 0 atom stereocenters. The van der Waals surface area contributed by atoms with Gasteiger partial charge in [0.05, 0.1) is 18.0 Å². The summed E-state index contributed by atoms with van der Waals surface area (Å²) in [6, 6.07) is 8.63. The van der Waals surface area contributed by atoms with Gasteiger partial charge in [-0.3, -0.25) is 24.5 Å². The maximum atomic E-state index is 12.7. The summed E-state index contributed by atoms with van der Waals surface area (Å²) in [7, 11) is 0. The number of rotatable bonds is 4. The number of esters is 1. The molecule has 0 amide bonds. The molecule has 25 heavy (non-hydrogen) atoms. The normalized spacial score (nSPS) is 12.4. The maximum absolute atomic E-state index is 12.7. The van der Waals surface area contributed by atoms with Crippen molar-refractivity contribution in [1.82, 2.24) is 0 Å². The Kier molecular flexibility index (Phi) is 4.14. The van der Waals surface area contributed by atoms with E-state index in [1.165, 1.54) is 18.2 Å². The predicted molar refractivity (Wildman–Crippen MR) is 86.7 cm³/mol. The fraction of sp³-hybridized carbons (Fsp3) is 0.167. The number of hydrogen-bond donors (Lipinski definition) is 0. The molecular formula is C18H13NO6. The smallest absolute Gasteiger partial charge is 0.310 e. The molecule has 0 N–H and O–H groups in total. The topological polar surface area (TPSA) is 104 Å². The zero-order valence-electron chi connectivity index (χ0n) is 13.3. The highest BCUT2D eigenvalue weighted by molar-refractivity contribution is 6.28. The van der Waals surface area contributed by atoms with E-state index in [1.54, 1.807) is 19.1 Å². The number of carbonyl (C=O) groups excluding carboxylic acids is 3.